The monoisotopic (exact) mass is 475 g/mol. The van der Waals surface area contributed by atoms with Gasteiger partial charge >= 0.3 is 0 Å². The molecule has 1 fully saturated rings. The van der Waals surface area contributed by atoms with Crippen LogP contribution in [0.15, 0.2) is 35.4 Å². The van der Waals surface area contributed by atoms with Crippen LogP contribution in [-0.4, -0.2) is 36.7 Å². The van der Waals surface area contributed by atoms with Crippen LogP contribution in [0.3, 0.4) is 0 Å². The van der Waals surface area contributed by atoms with Gasteiger partial charge in [-0.15, -0.1) is 0 Å². The van der Waals surface area contributed by atoms with E-state index >= 15 is 0 Å². The van der Waals surface area contributed by atoms with Crippen LogP contribution in [0.1, 0.15) is 36.8 Å². The smallest absolute Gasteiger partial charge is 0.274 e. The molecule has 1 aromatic carbocycles. The van der Waals surface area contributed by atoms with Crippen molar-refractivity contribution in [3.63, 3.8) is 0 Å². The molecule has 0 radical (unpaired) electrons. The number of alkyl halides is 2. The Morgan fingerprint density at radius 1 is 1.18 bits per heavy atom. The lowest BCUT2D eigenvalue weighted by Gasteiger charge is -2.34. The van der Waals surface area contributed by atoms with Gasteiger partial charge in [-0.3, -0.25) is 4.79 Å². The third kappa shape index (κ3) is 4.18. The topological polar surface area (TPSA) is 75.2 Å². The molecule has 2 aliphatic rings. The summed E-state index contributed by atoms with van der Waals surface area (Å²) in [7, 11) is -1.52. The number of hydrogen-bond donors (Lipinski definition) is 1. The number of rotatable bonds is 4. The van der Waals surface area contributed by atoms with E-state index in [4.69, 9.17) is 0 Å². The highest BCUT2D eigenvalue weighted by molar-refractivity contribution is 7.89. The molecule has 176 valence electrons. The lowest BCUT2D eigenvalue weighted by atomic mass is 9.86. The first-order valence-electron chi connectivity index (χ1n) is 11.1. The first-order chi connectivity index (χ1) is 15.5. The van der Waals surface area contributed by atoms with E-state index in [1.807, 2.05) is 24.4 Å². The number of hydrogen-bond acceptors (Lipinski definition) is 4. The minimum absolute atomic E-state index is 0.0765. The van der Waals surface area contributed by atoms with Crippen molar-refractivity contribution in [2.45, 2.75) is 43.9 Å². The molecule has 0 spiro atoms. The zero-order valence-electron chi connectivity index (χ0n) is 18.7. The third-order valence-corrected chi connectivity index (χ3v) is 7.74. The van der Waals surface area contributed by atoms with Crippen LogP contribution >= 0.6 is 0 Å². The summed E-state index contributed by atoms with van der Waals surface area (Å²) in [6, 6.07) is 5.64. The van der Waals surface area contributed by atoms with Crippen molar-refractivity contribution in [3.05, 3.63) is 52.1 Å². The van der Waals surface area contributed by atoms with Gasteiger partial charge in [-0.2, -0.15) is 0 Å². The first-order valence-corrected chi connectivity index (χ1v) is 13.2. The quantitative estimate of drug-likeness (QED) is 0.613. The predicted octanol–water partition coefficient (Wildman–Crippen LogP) is 4.22. The molecular formula is C24H27F2N3O3S. The van der Waals surface area contributed by atoms with E-state index in [1.165, 1.54) is 10.8 Å². The second-order valence-corrected chi connectivity index (χ2v) is 11.8. The summed E-state index contributed by atoms with van der Waals surface area (Å²) in [6.45, 7) is 1.18. The summed E-state index contributed by atoms with van der Waals surface area (Å²) < 4.78 is 52.8. The zero-order valence-corrected chi connectivity index (χ0v) is 19.5. The molecule has 9 heteroatoms. The Kier molecular flexibility index (Phi) is 5.15. The van der Waals surface area contributed by atoms with Crippen molar-refractivity contribution in [1.29, 1.82) is 0 Å². The Bertz CT molecular complexity index is 1400. The standard InChI is InChI=1S/C24H27F2N3O3S/c1-28-13-19-18-9-16(14-33(2,31)32)3-4-20(18)29(11-15-5-7-24(25,26)8-6-15)12-17-10-27-22(21(17)19)23(28)30/h3-4,9-10,13,15,27H,5-8,11-12,14H2,1-2H3. The van der Waals surface area contributed by atoms with Gasteiger partial charge in [0, 0.05) is 73.8 Å². The zero-order chi connectivity index (χ0) is 23.5. The second-order valence-electron chi connectivity index (χ2n) is 9.62. The number of H-pyrrole nitrogens is 1. The number of halogens is 2. The molecule has 1 saturated carbocycles. The molecule has 2 aromatic heterocycles. The molecule has 1 aliphatic carbocycles. The van der Waals surface area contributed by atoms with Gasteiger partial charge in [0.1, 0.15) is 5.52 Å². The van der Waals surface area contributed by atoms with Gasteiger partial charge in [0.05, 0.1) is 5.75 Å². The van der Waals surface area contributed by atoms with Crippen LogP contribution in [0.4, 0.5) is 14.5 Å². The van der Waals surface area contributed by atoms with Crippen molar-refractivity contribution in [1.82, 2.24) is 9.55 Å². The van der Waals surface area contributed by atoms with E-state index in [-0.39, 0.29) is 30.1 Å². The number of sulfone groups is 1. The third-order valence-electron chi connectivity index (χ3n) is 6.89. The maximum atomic E-state index is 13.7. The Morgan fingerprint density at radius 2 is 1.91 bits per heavy atom. The van der Waals surface area contributed by atoms with Crippen LogP contribution < -0.4 is 10.5 Å². The minimum atomic E-state index is -3.22. The van der Waals surface area contributed by atoms with E-state index in [9.17, 15) is 22.0 Å². The maximum Gasteiger partial charge on any atom is 0.274 e. The van der Waals surface area contributed by atoms with E-state index in [0.717, 1.165) is 27.8 Å². The Labute approximate surface area is 191 Å². The van der Waals surface area contributed by atoms with Crippen LogP contribution in [0.5, 0.6) is 0 Å². The molecule has 3 heterocycles. The van der Waals surface area contributed by atoms with Crippen molar-refractivity contribution >= 4 is 26.4 Å². The van der Waals surface area contributed by atoms with E-state index in [2.05, 4.69) is 9.88 Å². The van der Waals surface area contributed by atoms with Crippen molar-refractivity contribution < 1.29 is 17.2 Å². The number of nitrogens with zero attached hydrogens (tertiary/aromatic N) is 2. The fraction of sp³-hybridized carbons (Fsp3) is 0.458. The van der Waals surface area contributed by atoms with E-state index in [0.29, 0.717) is 37.0 Å². The molecule has 5 rings (SSSR count). The summed E-state index contributed by atoms with van der Waals surface area (Å²) >= 11 is 0. The SMILES string of the molecule is Cn1cc2c3c(c[nH]c3c1=O)CN(CC1CCC(F)(F)CC1)c1ccc(CS(C)(=O)=O)cc1-2. The highest BCUT2D eigenvalue weighted by Crippen LogP contribution is 2.43. The summed E-state index contributed by atoms with van der Waals surface area (Å²) in [5.41, 5.74) is 4.69. The summed E-state index contributed by atoms with van der Waals surface area (Å²) in [5, 5.41) is 0.841. The van der Waals surface area contributed by atoms with Crippen LogP contribution in [-0.2, 0) is 29.2 Å². The van der Waals surface area contributed by atoms with Crippen LogP contribution in [0.2, 0.25) is 0 Å². The Morgan fingerprint density at radius 3 is 2.61 bits per heavy atom. The second kappa shape index (κ2) is 7.68. The average Bonchev–Trinajstić information content (AvgIpc) is 3.09. The van der Waals surface area contributed by atoms with Crippen LogP contribution in [0, 0.1) is 5.92 Å². The van der Waals surface area contributed by atoms with Crippen molar-refractivity contribution in [2.75, 3.05) is 17.7 Å². The Hall–Kier alpha value is -2.68. The maximum absolute atomic E-state index is 13.7. The fourth-order valence-corrected chi connectivity index (χ4v) is 6.06. The number of benzene rings is 1. The van der Waals surface area contributed by atoms with Gasteiger partial charge in [-0.05, 0) is 42.0 Å². The van der Waals surface area contributed by atoms with Crippen molar-refractivity contribution in [3.8, 4) is 11.1 Å². The lowest BCUT2D eigenvalue weighted by Crippen LogP contribution is -2.33. The van der Waals surface area contributed by atoms with E-state index < -0.39 is 15.8 Å². The minimum Gasteiger partial charge on any atom is -0.366 e. The number of aromatic nitrogens is 2. The summed E-state index contributed by atoms with van der Waals surface area (Å²) in [5.74, 6) is -2.50. The molecule has 1 N–H and O–H groups in total. The van der Waals surface area contributed by atoms with Gasteiger partial charge in [0.15, 0.2) is 9.84 Å². The molecule has 6 nitrogen and oxygen atoms in total. The lowest BCUT2D eigenvalue weighted by molar-refractivity contribution is -0.0449. The van der Waals surface area contributed by atoms with Gasteiger partial charge in [-0.25, -0.2) is 17.2 Å². The largest absolute Gasteiger partial charge is 0.366 e. The van der Waals surface area contributed by atoms with Crippen LogP contribution in [0.25, 0.3) is 22.0 Å². The molecular weight excluding hydrogens is 448 g/mol. The summed E-state index contributed by atoms with van der Waals surface area (Å²) in [4.78, 5) is 18.1. The average molecular weight is 476 g/mol. The molecule has 0 bridgehead atoms. The molecule has 0 amide bonds. The fourth-order valence-electron chi connectivity index (χ4n) is 5.28. The molecule has 0 atom stereocenters. The molecule has 1 aliphatic heterocycles. The van der Waals surface area contributed by atoms with Gasteiger partial charge in [-0.1, -0.05) is 6.07 Å². The highest BCUT2D eigenvalue weighted by Gasteiger charge is 2.36. The molecule has 0 saturated heterocycles. The summed E-state index contributed by atoms with van der Waals surface area (Å²) in [6.07, 6.45) is 5.63. The number of pyridine rings is 1. The Balaban J connectivity index is 1.63. The predicted molar refractivity (Wildman–Crippen MR) is 125 cm³/mol. The van der Waals surface area contributed by atoms with E-state index in [1.54, 1.807) is 13.2 Å². The van der Waals surface area contributed by atoms with Gasteiger partial charge < -0.3 is 14.5 Å². The van der Waals surface area contributed by atoms with Gasteiger partial charge in [0.2, 0.25) is 5.92 Å². The number of anilines is 1. The van der Waals surface area contributed by atoms with Gasteiger partial charge in [0.25, 0.3) is 5.56 Å². The number of aryl methyl sites for hydroxylation is 1. The number of fused-ring (bicyclic) bond motifs is 2. The highest BCUT2D eigenvalue weighted by atomic mass is 32.2. The van der Waals surface area contributed by atoms with Crippen molar-refractivity contribution in [2.24, 2.45) is 13.0 Å². The number of nitrogens with one attached hydrogen (secondary N) is 1. The normalized spacial score (nSPS) is 18.4. The molecule has 3 aromatic rings. The first kappa shape index (κ1) is 22.1. The number of aromatic amines is 1. The molecule has 0 unspecified atom stereocenters. The molecule has 33 heavy (non-hydrogen) atoms.